The molecule has 148 valence electrons. The highest BCUT2D eigenvalue weighted by Crippen LogP contribution is 2.20. The van der Waals surface area contributed by atoms with Crippen LogP contribution in [0.2, 0.25) is 0 Å². The van der Waals surface area contributed by atoms with Crippen molar-refractivity contribution in [2.24, 2.45) is 5.92 Å². The number of carbonyl (C=O) groups is 2. The number of carbonyl (C=O) groups excluding carboxylic acids is 2. The fraction of sp³-hybridized carbons (Fsp3) is 0.350. The highest BCUT2D eigenvalue weighted by atomic mass is 32.1. The predicted octanol–water partition coefficient (Wildman–Crippen LogP) is 3.18. The van der Waals surface area contributed by atoms with E-state index in [2.05, 4.69) is 15.5 Å². The Kier molecular flexibility index (Phi) is 6.64. The van der Waals surface area contributed by atoms with E-state index in [1.165, 1.54) is 11.3 Å². The van der Waals surface area contributed by atoms with Crippen LogP contribution in [0.5, 0.6) is 0 Å². The maximum absolute atomic E-state index is 12.1. The number of hydrogen-bond donors (Lipinski definition) is 2. The number of anilines is 2. The van der Waals surface area contributed by atoms with E-state index in [0.29, 0.717) is 4.88 Å². The van der Waals surface area contributed by atoms with Crippen LogP contribution in [0.3, 0.4) is 0 Å². The average Bonchev–Trinajstić information content (AvgIpc) is 3.23. The van der Waals surface area contributed by atoms with Gasteiger partial charge in [-0.25, -0.2) is 0 Å². The smallest absolute Gasteiger partial charge is 0.267 e. The van der Waals surface area contributed by atoms with Crippen molar-refractivity contribution in [3.8, 4) is 0 Å². The lowest BCUT2D eigenvalue weighted by Gasteiger charge is -2.37. The molecule has 0 radical (unpaired) electrons. The number of piperazine rings is 1. The molecule has 2 amide bonds. The summed E-state index contributed by atoms with van der Waals surface area (Å²) in [5.41, 5.74) is 1.92. The predicted molar refractivity (Wildman–Crippen MR) is 118 cm³/mol. The first-order valence-electron chi connectivity index (χ1n) is 9.23. The lowest BCUT2D eigenvalue weighted by molar-refractivity contribution is -0.134. The molecule has 1 aromatic carbocycles. The van der Waals surface area contributed by atoms with Gasteiger partial charge in [0.15, 0.2) is 5.11 Å². The summed E-state index contributed by atoms with van der Waals surface area (Å²) in [5.74, 6) is 0.0521. The number of thiophene rings is 1. The molecule has 0 atom stereocenters. The topological polar surface area (TPSA) is 64.7 Å². The van der Waals surface area contributed by atoms with Crippen LogP contribution in [-0.4, -0.2) is 48.0 Å². The zero-order valence-corrected chi connectivity index (χ0v) is 17.6. The van der Waals surface area contributed by atoms with Crippen LogP contribution in [0.25, 0.3) is 0 Å². The molecular weight excluding hydrogens is 392 g/mol. The molecule has 28 heavy (non-hydrogen) atoms. The van der Waals surface area contributed by atoms with Crippen molar-refractivity contribution in [2.75, 3.05) is 36.4 Å². The van der Waals surface area contributed by atoms with E-state index in [0.717, 1.165) is 37.6 Å². The molecule has 1 aromatic heterocycles. The lowest BCUT2D eigenvalue weighted by atomic mass is 10.1. The lowest BCUT2D eigenvalue weighted by Crippen LogP contribution is -2.49. The minimum atomic E-state index is -0.210. The van der Waals surface area contributed by atoms with Crippen molar-refractivity contribution in [1.29, 1.82) is 0 Å². The monoisotopic (exact) mass is 416 g/mol. The minimum absolute atomic E-state index is 0.0426. The molecule has 2 N–H and O–H groups in total. The van der Waals surface area contributed by atoms with Gasteiger partial charge in [0.2, 0.25) is 5.91 Å². The number of nitrogens with one attached hydrogen (secondary N) is 2. The van der Waals surface area contributed by atoms with Crippen LogP contribution in [0.15, 0.2) is 41.8 Å². The maximum atomic E-state index is 12.1. The summed E-state index contributed by atoms with van der Waals surface area (Å²) < 4.78 is 0. The maximum Gasteiger partial charge on any atom is 0.267 e. The molecule has 1 fully saturated rings. The summed E-state index contributed by atoms with van der Waals surface area (Å²) in [5, 5.41) is 7.83. The molecule has 6 nitrogen and oxygen atoms in total. The van der Waals surface area contributed by atoms with Crippen LogP contribution in [0, 0.1) is 5.92 Å². The van der Waals surface area contributed by atoms with Gasteiger partial charge in [-0.05, 0) is 47.9 Å². The van der Waals surface area contributed by atoms with Gasteiger partial charge in [0.05, 0.1) is 4.88 Å². The van der Waals surface area contributed by atoms with Crippen molar-refractivity contribution >= 4 is 51.9 Å². The molecule has 2 heterocycles. The van der Waals surface area contributed by atoms with E-state index in [4.69, 9.17) is 12.2 Å². The third-order valence-electron chi connectivity index (χ3n) is 4.55. The normalized spacial score (nSPS) is 14.1. The van der Waals surface area contributed by atoms with Crippen molar-refractivity contribution in [2.45, 2.75) is 13.8 Å². The third-order valence-corrected chi connectivity index (χ3v) is 5.62. The van der Waals surface area contributed by atoms with E-state index in [1.54, 1.807) is 6.07 Å². The van der Waals surface area contributed by atoms with E-state index >= 15 is 0 Å². The van der Waals surface area contributed by atoms with Crippen LogP contribution in [0.4, 0.5) is 11.4 Å². The van der Waals surface area contributed by atoms with Crippen molar-refractivity contribution in [1.82, 2.24) is 10.2 Å². The molecule has 0 unspecified atom stereocenters. The molecule has 1 saturated heterocycles. The molecule has 8 heteroatoms. The molecule has 0 saturated carbocycles. The number of hydrogen-bond acceptors (Lipinski definition) is 5. The molecule has 3 rings (SSSR count). The van der Waals surface area contributed by atoms with Gasteiger partial charge in [0, 0.05) is 43.5 Å². The van der Waals surface area contributed by atoms with E-state index in [-0.39, 0.29) is 22.8 Å². The number of benzene rings is 1. The van der Waals surface area contributed by atoms with E-state index in [1.807, 2.05) is 54.5 Å². The second-order valence-corrected chi connectivity index (χ2v) is 8.26. The summed E-state index contributed by atoms with van der Waals surface area (Å²) in [4.78, 5) is 28.9. The Hall–Kier alpha value is -2.45. The Morgan fingerprint density at radius 3 is 2.32 bits per heavy atom. The van der Waals surface area contributed by atoms with Crippen LogP contribution in [-0.2, 0) is 4.79 Å². The third kappa shape index (κ3) is 5.08. The minimum Gasteiger partial charge on any atom is -0.368 e. The average molecular weight is 417 g/mol. The Balaban J connectivity index is 1.50. The molecule has 1 aliphatic rings. The fourth-order valence-corrected chi connectivity index (χ4v) is 3.87. The zero-order valence-electron chi connectivity index (χ0n) is 16.0. The second kappa shape index (κ2) is 9.16. The van der Waals surface area contributed by atoms with Gasteiger partial charge in [0.25, 0.3) is 5.91 Å². The Bertz CT molecular complexity index is 826. The SMILES string of the molecule is CC(C)C(=O)N1CCN(c2ccc(NC(=S)NC(=O)c3cccs3)cc2)CC1. The largest absolute Gasteiger partial charge is 0.368 e. The van der Waals surface area contributed by atoms with Gasteiger partial charge in [-0.1, -0.05) is 19.9 Å². The summed E-state index contributed by atoms with van der Waals surface area (Å²) in [6.07, 6.45) is 0. The summed E-state index contributed by atoms with van der Waals surface area (Å²) in [6.45, 7) is 7.01. The van der Waals surface area contributed by atoms with Gasteiger partial charge in [-0.2, -0.15) is 0 Å². The van der Waals surface area contributed by atoms with Crippen molar-refractivity contribution < 1.29 is 9.59 Å². The second-order valence-electron chi connectivity index (χ2n) is 6.90. The van der Waals surface area contributed by atoms with Crippen molar-refractivity contribution in [3.05, 3.63) is 46.7 Å². The summed E-state index contributed by atoms with van der Waals surface area (Å²) in [7, 11) is 0. The van der Waals surface area contributed by atoms with Gasteiger partial charge in [-0.3, -0.25) is 14.9 Å². The molecule has 0 bridgehead atoms. The van der Waals surface area contributed by atoms with E-state index in [9.17, 15) is 9.59 Å². The highest BCUT2D eigenvalue weighted by Gasteiger charge is 2.22. The van der Waals surface area contributed by atoms with Gasteiger partial charge >= 0.3 is 0 Å². The van der Waals surface area contributed by atoms with Crippen LogP contribution >= 0.6 is 23.6 Å². The standard InChI is InChI=1S/C20H24N4O2S2/c1-14(2)19(26)24-11-9-23(10-12-24)16-7-5-15(6-8-16)21-20(27)22-18(25)17-4-3-13-28-17/h3-8,13-14H,9-12H2,1-2H3,(H2,21,22,25,27). The first-order chi connectivity index (χ1) is 13.4. The molecular formula is C20H24N4O2S2. The molecule has 1 aliphatic heterocycles. The summed E-state index contributed by atoms with van der Waals surface area (Å²) in [6, 6.07) is 11.5. The molecule has 2 aromatic rings. The molecule has 0 spiro atoms. The highest BCUT2D eigenvalue weighted by molar-refractivity contribution is 7.80. The van der Waals surface area contributed by atoms with Gasteiger partial charge < -0.3 is 15.1 Å². The Morgan fingerprint density at radius 2 is 1.75 bits per heavy atom. The first kappa shape index (κ1) is 20.3. The van der Waals surface area contributed by atoms with Crippen LogP contribution < -0.4 is 15.5 Å². The number of thiocarbonyl (C=S) groups is 1. The Morgan fingerprint density at radius 1 is 1.07 bits per heavy atom. The quantitative estimate of drug-likeness (QED) is 0.750. The number of nitrogens with zero attached hydrogens (tertiary/aromatic N) is 2. The number of rotatable bonds is 4. The van der Waals surface area contributed by atoms with Crippen molar-refractivity contribution in [3.63, 3.8) is 0 Å². The fourth-order valence-electron chi connectivity index (χ4n) is 3.04. The van der Waals surface area contributed by atoms with Gasteiger partial charge in [-0.15, -0.1) is 11.3 Å². The molecule has 0 aliphatic carbocycles. The van der Waals surface area contributed by atoms with Crippen LogP contribution in [0.1, 0.15) is 23.5 Å². The first-order valence-corrected chi connectivity index (χ1v) is 10.5. The Labute approximate surface area is 174 Å². The van der Waals surface area contributed by atoms with E-state index < -0.39 is 0 Å². The zero-order chi connectivity index (χ0) is 20.1. The number of amides is 2. The van der Waals surface area contributed by atoms with Gasteiger partial charge in [0.1, 0.15) is 0 Å². The summed E-state index contributed by atoms with van der Waals surface area (Å²) >= 11 is 6.59.